The van der Waals surface area contributed by atoms with Crippen LogP contribution in [0.1, 0.15) is 5.69 Å². The van der Waals surface area contributed by atoms with E-state index in [0.29, 0.717) is 11.0 Å². The molecular formula is C18H13NO2. The van der Waals surface area contributed by atoms with Crippen LogP contribution in [-0.2, 0) is 0 Å². The highest BCUT2D eigenvalue weighted by atomic mass is 16.4. The van der Waals surface area contributed by atoms with Gasteiger partial charge in [0.15, 0.2) is 0 Å². The molecule has 0 radical (unpaired) electrons. The number of rotatable bonds is 1. The van der Waals surface area contributed by atoms with Gasteiger partial charge >= 0.3 is 5.63 Å². The fourth-order valence-electron chi connectivity index (χ4n) is 2.88. The van der Waals surface area contributed by atoms with Crippen LogP contribution in [0.2, 0.25) is 0 Å². The molecule has 0 bridgehead atoms. The number of nitrogens with zero attached hydrogens (tertiary/aromatic N) is 1. The van der Waals surface area contributed by atoms with E-state index in [2.05, 4.69) is 4.57 Å². The summed E-state index contributed by atoms with van der Waals surface area (Å²) in [5.41, 5.74) is 3.29. The third-order valence-corrected chi connectivity index (χ3v) is 3.76. The van der Waals surface area contributed by atoms with Crippen LogP contribution in [-0.4, -0.2) is 4.57 Å². The molecule has 2 aromatic heterocycles. The molecule has 2 aromatic carbocycles. The molecule has 0 unspecified atom stereocenters. The molecule has 0 saturated carbocycles. The first kappa shape index (κ1) is 12.0. The maximum absolute atomic E-state index is 12.2. The van der Waals surface area contributed by atoms with E-state index in [0.717, 1.165) is 22.3 Å². The van der Waals surface area contributed by atoms with Crippen LogP contribution < -0.4 is 5.63 Å². The Morgan fingerprint density at radius 2 is 1.62 bits per heavy atom. The Morgan fingerprint density at radius 3 is 2.43 bits per heavy atom. The van der Waals surface area contributed by atoms with Crippen molar-refractivity contribution in [2.45, 2.75) is 6.92 Å². The fraction of sp³-hybridized carbons (Fsp3) is 0.0556. The van der Waals surface area contributed by atoms with E-state index in [4.69, 9.17) is 4.42 Å². The third-order valence-electron chi connectivity index (χ3n) is 3.76. The van der Waals surface area contributed by atoms with E-state index < -0.39 is 0 Å². The van der Waals surface area contributed by atoms with E-state index in [1.807, 2.05) is 67.6 Å². The standard InChI is InChI=1S/C18H13NO2/c1-12-11-15-17(19(12)13-7-3-2-4-8-13)14-9-5-6-10-16(14)21-18(15)20/h2-11H,1H3. The molecule has 102 valence electrons. The predicted octanol–water partition coefficient (Wildman–Crippen LogP) is 4.05. The first-order valence-electron chi connectivity index (χ1n) is 6.85. The highest BCUT2D eigenvalue weighted by molar-refractivity contribution is 6.03. The van der Waals surface area contributed by atoms with Crippen LogP contribution in [0.5, 0.6) is 0 Å². The maximum atomic E-state index is 12.2. The van der Waals surface area contributed by atoms with Gasteiger partial charge in [-0.05, 0) is 37.3 Å². The molecule has 0 aliphatic heterocycles. The SMILES string of the molecule is Cc1cc2c(=O)oc3ccccc3c2n1-c1ccccc1. The minimum absolute atomic E-state index is 0.290. The summed E-state index contributed by atoms with van der Waals surface area (Å²) in [7, 11) is 0. The van der Waals surface area contributed by atoms with Crippen LogP contribution in [0.15, 0.2) is 69.9 Å². The van der Waals surface area contributed by atoms with Crippen molar-refractivity contribution in [3.05, 3.63) is 76.8 Å². The lowest BCUT2D eigenvalue weighted by Crippen LogP contribution is -2.01. The molecule has 4 rings (SSSR count). The molecule has 0 spiro atoms. The van der Waals surface area contributed by atoms with Gasteiger partial charge in [0.25, 0.3) is 0 Å². The van der Waals surface area contributed by atoms with Gasteiger partial charge < -0.3 is 8.98 Å². The monoisotopic (exact) mass is 275 g/mol. The Labute approximate surface area is 121 Å². The van der Waals surface area contributed by atoms with Gasteiger partial charge in [-0.3, -0.25) is 0 Å². The normalized spacial score (nSPS) is 11.3. The zero-order valence-electron chi connectivity index (χ0n) is 11.5. The van der Waals surface area contributed by atoms with Gasteiger partial charge in [0.2, 0.25) is 0 Å². The van der Waals surface area contributed by atoms with Crippen LogP contribution in [0.4, 0.5) is 0 Å². The lowest BCUT2D eigenvalue weighted by atomic mass is 10.2. The molecule has 3 heteroatoms. The van der Waals surface area contributed by atoms with Crippen LogP contribution >= 0.6 is 0 Å². The Bertz CT molecular complexity index is 1010. The second-order valence-corrected chi connectivity index (χ2v) is 5.10. The zero-order chi connectivity index (χ0) is 14.4. The first-order valence-corrected chi connectivity index (χ1v) is 6.85. The second kappa shape index (κ2) is 4.35. The summed E-state index contributed by atoms with van der Waals surface area (Å²) in [5, 5.41) is 1.57. The predicted molar refractivity (Wildman–Crippen MR) is 84.1 cm³/mol. The Kier molecular flexibility index (Phi) is 2.48. The second-order valence-electron chi connectivity index (χ2n) is 5.10. The largest absolute Gasteiger partial charge is 0.422 e. The van der Waals surface area contributed by atoms with Gasteiger partial charge in [0, 0.05) is 16.8 Å². The average molecular weight is 275 g/mol. The summed E-state index contributed by atoms with van der Waals surface area (Å²) in [4.78, 5) is 12.2. The quantitative estimate of drug-likeness (QED) is 0.491. The molecular weight excluding hydrogens is 262 g/mol. The van der Waals surface area contributed by atoms with Gasteiger partial charge in [-0.25, -0.2) is 4.79 Å². The van der Waals surface area contributed by atoms with Gasteiger partial charge in [-0.1, -0.05) is 30.3 Å². The highest BCUT2D eigenvalue weighted by Crippen LogP contribution is 2.28. The number of hydrogen-bond acceptors (Lipinski definition) is 2. The first-order chi connectivity index (χ1) is 10.3. The molecule has 3 nitrogen and oxygen atoms in total. The van der Waals surface area contributed by atoms with Gasteiger partial charge in [-0.2, -0.15) is 0 Å². The summed E-state index contributed by atoms with van der Waals surface area (Å²) >= 11 is 0. The van der Waals surface area contributed by atoms with E-state index in [1.54, 1.807) is 0 Å². The number of benzene rings is 2. The number of aromatic nitrogens is 1. The number of para-hydroxylation sites is 2. The van der Waals surface area contributed by atoms with E-state index in [9.17, 15) is 4.79 Å². The van der Waals surface area contributed by atoms with Crippen molar-refractivity contribution in [3.63, 3.8) is 0 Å². The van der Waals surface area contributed by atoms with Crippen molar-refractivity contribution in [2.75, 3.05) is 0 Å². The van der Waals surface area contributed by atoms with Gasteiger partial charge in [0.05, 0.1) is 10.9 Å². The molecule has 0 fully saturated rings. The molecule has 4 aromatic rings. The minimum Gasteiger partial charge on any atom is -0.422 e. The smallest absolute Gasteiger partial charge is 0.345 e. The zero-order valence-corrected chi connectivity index (χ0v) is 11.5. The van der Waals surface area contributed by atoms with Crippen LogP contribution in [0.3, 0.4) is 0 Å². The minimum atomic E-state index is -0.290. The molecule has 0 aliphatic carbocycles. The Morgan fingerprint density at radius 1 is 0.905 bits per heavy atom. The lowest BCUT2D eigenvalue weighted by Gasteiger charge is -2.09. The lowest BCUT2D eigenvalue weighted by molar-refractivity contribution is 0.569. The number of fused-ring (bicyclic) bond motifs is 3. The fourth-order valence-corrected chi connectivity index (χ4v) is 2.88. The van der Waals surface area contributed by atoms with Crippen molar-refractivity contribution in [3.8, 4) is 5.69 Å². The van der Waals surface area contributed by atoms with E-state index in [-0.39, 0.29) is 5.63 Å². The van der Waals surface area contributed by atoms with Crippen molar-refractivity contribution >= 4 is 21.9 Å². The van der Waals surface area contributed by atoms with Crippen LogP contribution in [0.25, 0.3) is 27.6 Å². The number of hydrogen-bond donors (Lipinski definition) is 0. The summed E-state index contributed by atoms with van der Waals surface area (Å²) < 4.78 is 7.52. The van der Waals surface area contributed by atoms with Gasteiger partial charge in [-0.15, -0.1) is 0 Å². The van der Waals surface area contributed by atoms with Crippen LogP contribution in [0, 0.1) is 6.92 Å². The van der Waals surface area contributed by atoms with E-state index >= 15 is 0 Å². The topological polar surface area (TPSA) is 35.1 Å². The molecule has 2 heterocycles. The van der Waals surface area contributed by atoms with Crippen molar-refractivity contribution < 1.29 is 4.42 Å². The van der Waals surface area contributed by atoms with Crippen molar-refractivity contribution in [1.29, 1.82) is 0 Å². The number of aryl methyl sites for hydroxylation is 1. The Hall–Kier alpha value is -2.81. The maximum Gasteiger partial charge on any atom is 0.345 e. The average Bonchev–Trinajstić information content (AvgIpc) is 2.86. The van der Waals surface area contributed by atoms with Crippen molar-refractivity contribution in [2.24, 2.45) is 0 Å². The molecule has 21 heavy (non-hydrogen) atoms. The molecule has 0 amide bonds. The van der Waals surface area contributed by atoms with E-state index in [1.165, 1.54) is 0 Å². The summed E-state index contributed by atoms with van der Waals surface area (Å²) in [6.45, 7) is 2.00. The molecule has 0 aliphatic rings. The van der Waals surface area contributed by atoms with Gasteiger partial charge in [0.1, 0.15) is 5.58 Å². The third kappa shape index (κ3) is 1.71. The molecule has 0 N–H and O–H groups in total. The molecule has 0 saturated heterocycles. The van der Waals surface area contributed by atoms with Crippen molar-refractivity contribution in [1.82, 2.24) is 4.57 Å². The summed E-state index contributed by atoms with van der Waals surface area (Å²) in [6.07, 6.45) is 0. The highest BCUT2D eigenvalue weighted by Gasteiger charge is 2.15. The summed E-state index contributed by atoms with van der Waals surface area (Å²) in [6, 6.07) is 19.6. The summed E-state index contributed by atoms with van der Waals surface area (Å²) in [5.74, 6) is 0. The Balaban J connectivity index is 2.26. The molecule has 0 atom stereocenters.